The fourth-order valence-electron chi connectivity index (χ4n) is 2.37. The summed E-state index contributed by atoms with van der Waals surface area (Å²) in [5.41, 5.74) is 3.26. The van der Waals surface area contributed by atoms with Crippen molar-refractivity contribution in [1.82, 2.24) is 9.88 Å². The van der Waals surface area contributed by atoms with Crippen LogP contribution in [0.25, 0.3) is 0 Å². The Hall–Kier alpha value is -1.52. The SMILES string of the molecule is CN(Cc1cscn1)CC(C)(C)C(=O)c1ccccc1. The Labute approximate surface area is 124 Å². The van der Waals surface area contributed by atoms with Crippen LogP contribution in [0, 0.1) is 5.41 Å². The van der Waals surface area contributed by atoms with Crippen molar-refractivity contribution in [1.29, 1.82) is 0 Å². The molecule has 0 fully saturated rings. The zero-order valence-corrected chi connectivity index (χ0v) is 13.0. The predicted octanol–water partition coefficient (Wildman–Crippen LogP) is 3.48. The first kappa shape index (κ1) is 14.9. The number of thiazole rings is 1. The number of benzene rings is 1. The van der Waals surface area contributed by atoms with Gasteiger partial charge in [-0.2, -0.15) is 0 Å². The summed E-state index contributed by atoms with van der Waals surface area (Å²) in [4.78, 5) is 19.0. The molecule has 3 nitrogen and oxygen atoms in total. The number of nitrogens with zero attached hydrogens (tertiary/aromatic N) is 2. The number of ketones is 1. The fourth-order valence-corrected chi connectivity index (χ4v) is 2.92. The molecule has 0 aliphatic carbocycles. The number of rotatable bonds is 6. The van der Waals surface area contributed by atoms with Crippen LogP contribution in [-0.2, 0) is 6.54 Å². The van der Waals surface area contributed by atoms with E-state index in [-0.39, 0.29) is 5.78 Å². The fraction of sp³-hybridized carbons (Fsp3) is 0.375. The third-order valence-corrected chi connectivity index (χ3v) is 3.87. The van der Waals surface area contributed by atoms with Crippen molar-refractivity contribution in [3.05, 3.63) is 52.5 Å². The maximum Gasteiger partial charge on any atom is 0.169 e. The lowest BCUT2D eigenvalue weighted by atomic mass is 9.84. The van der Waals surface area contributed by atoms with Gasteiger partial charge in [-0.15, -0.1) is 11.3 Å². The Bertz CT molecular complexity index is 549. The van der Waals surface area contributed by atoms with Gasteiger partial charge in [0.15, 0.2) is 5.78 Å². The van der Waals surface area contributed by atoms with E-state index < -0.39 is 5.41 Å². The molecule has 106 valence electrons. The van der Waals surface area contributed by atoms with Gasteiger partial charge >= 0.3 is 0 Å². The van der Waals surface area contributed by atoms with Gasteiger partial charge in [0.1, 0.15) is 0 Å². The molecule has 0 unspecified atom stereocenters. The van der Waals surface area contributed by atoms with Gasteiger partial charge in [-0.05, 0) is 7.05 Å². The van der Waals surface area contributed by atoms with Gasteiger partial charge in [0.25, 0.3) is 0 Å². The maximum atomic E-state index is 12.6. The monoisotopic (exact) mass is 288 g/mol. The molecular formula is C16H20N2OS. The van der Waals surface area contributed by atoms with E-state index in [2.05, 4.69) is 9.88 Å². The molecule has 0 atom stereocenters. The lowest BCUT2D eigenvalue weighted by Crippen LogP contribution is -2.37. The normalized spacial score (nSPS) is 11.8. The van der Waals surface area contributed by atoms with Crippen LogP contribution in [0.4, 0.5) is 0 Å². The van der Waals surface area contributed by atoms with E-state index in [4.69, 9.17) is 0 Å². The van der Waals surface area contributed by atoms with Gasteiger partial charge in [-0.3, -0.25) is 9.69 Å². The summed E-state index contributed by atoms with van der Waals surface area (Å²) < 4.78 is 0. The van der Waals surface area contributed by atoms with Gasteiger partial charge in [-0.1, -0.05) is 44.2 Å². The second kappa shape index (κ2) is 6.29. The van der Waals surface area contributed by atoms with Gasteiger partial charge in [0.2, 0.25) is 0 Å². The molecule has 2 rings (SSSR count). The highest BCUT2D eigenvalue weighted by atomic mass is 32.1. The van der Waals surface area contributed by atoms with Crippen molar-refractivity contribution >= 4 is 17.1 Å². The van der Waals surface area contributed by atoms with E-state index in [1.807, 2.05) is 62.1 Å². The van der Waals surface area contributed by atoms with E-state index >= 15 is 0 Å². The molecule has 0 aliphatic rings. The van der Waals surface area contributed by atoms with Gasteiger partial charge < -0.3 is 0 Å². The lowest BCUT2D eigenvalue weighted by Gasteiger charge is -2.28. The molecule has 0 N–H and O–H groups in total. The lowest BCUT2D eigenvalue weighted by molar-refractivity contribution is 0.0778. The second-order valence-electron chi connectivity index (χ2n) is 5.73. The number of aromatic nitrogens is 1. The molecule has 20 heavy (non-hydrogen) atoms. The zero-order chi connectivity index (χ0) is 14.6. The summed E-state index contributed by atoms with van der Waals surface area (Å²) >= 11 is 1.60. The Balaban J connectivity index is 2.01. The van der Waals surface area contributed by atoms with Crippen LogP contribution in [0.1, 0.15) is 29.9 Å². The Kier molecular flexibility index (Phi) is 4.68. The van der Waals surface area contributed by atoms with Crippen molar-refractivity contribution in [2.24, 2.45) is 5.41 Å². The zero-order valence-electron chi connectivity index (χ0n) is 12.2. The number of hydrogen-bond acceptors (Lipinski definition) is 4. The van der Waals surface area contributed by atoms with E-state index in [0.717, 1.165) is 17.8 Å². The molecule has 4 heteroatoms. The number of carbonyl (C=O) groups is 1. The molecule has 1 aromatic carbocycles. The summed E-state index contributed by atoms with van der Waals surface area (Å²) in [7, 11) is 2.03. The quantitative estimate of drug-likeness (QED) is 0.763. The molecule has 0 saturated carbocycles. The third-order valence-electron chi connectivity index (χ3n) is 3.23. The predicted molar refractivity (Wildman–Crippen MR) is 83.0 cm³/mol. The van der Waals surface area contributed by atoms with Crippen LogP contribution in [-0.4, -0.2) is 29.3 Å². The smallest absolute Gasteiger partial charge is 0.169 e. The molecule has 1 aromatic heterocycles. The molecule has 2 aromatic rings. The minimum absolute atomic E-state index is 0.184. The van der Waals surface area contributed by atoms with Crippen LogP contribution < -0.4 is 0 Å². The van der Waals surface area contributed by atoms with Crippen LogP contribution in [0.2, 0.25) is 0 Å². The summed E-state index contributed by atoms with van der Waals surface area (Å²) in [6.07, 6.45) is 0. The van der Waals surface area contributed by atoms with Gasteiger partial charge in [0, 0.05) is 29.4 Å². The molecule has 1 heterocycles. The van der Waals surface area contributed by atoms with E-state index in [9.17, 15) is 4.79 Å². The van der Waals surface area contributed by atoms with Crippen molar-refractivity contribution in [2.45, 2.75) is 20.4 Å². The van der Waals surface area contributed by atoms with Crippen molar-refractivity contribution in [2.75, 3.05) is 13.6 Å². The van der Waals surface area contributed by atoms with Crippen LogP contribution >= 0.6 is 11.3 Å². The van der Waals surface area contributed by atoms with Crippen molar-refractivity contribution in [3.63, 3.8) is 0 Å². The standard InChI is InChI=1S/C16H20N2OS/c1-16(2,15(19)13-7-5-4-6-8-13)11-18(3)9-14-10-20-12-17-14/h4-8,10,12H,9,11H2,1-3H3. The number of Topliss-reactive ketones (excluding diaryl/α,β-unsaturated/α-hetero) is 1. The summed E-state index contributed by atoms with van der Waals surface area (Å²) in [5, 5.41) is 2.04. The van der Waals surface area contributed by atoms with E-state index in [1.165, 1.54) is 0 Å². The third kappa shape index (κ3) is 3.74. The molecule has 0 saturated heterocycles. The first-order valence-corrected chi connectivity index (χ1v) is 7.59. The molecule has 0 bridgehead atoms. The van der Waals surface area contributed by atoms with Gasteiger partial charge in [0.05, 0.1) is 11.2 Å². The summed E-state index contributed by atoms with van der Waals surface area (Å²) in [6, 6.07) is 9.50. The Morgan fingerprint density at radius 3 is 2.60 bits per heavy atom. The average Bonchev–Trinajstić information content (AvgIpc) is 2.91. The first-order chi connectivity index (χ1) is 9.49. The van der Waals surface area contributed by atoms with Crippen molar-refractivity contribution < 1.29 is 4.79 Å². The first-order valence-electron chi connectivity index (χ1n) is 6.64. The van der Waals surface area contributed by atoms with Gasteiger partial charge in [-0.25, -0.2) is 4.98 Å². The van der Waals surface area contributed by atoms with E-state index in [0.29, 0.717) is 6.54 Å². The molecule has 0 amide bonds. The van der Waals surface area contributed by atoms with E-state index in [1.54, 1.807) is 11.3 Å². The maximum absolute atomic E-state index is 12.6. The minimum atomic E-state index is -0.411. The minimum Gasteiger partial charge on any atom is -0.300 e. The Morgan fingerprint density at radius 1 is 1.30 bits per heavy atom. The average molecular weight is 288 g/mol. The van der Waals surface area contributed by atoms with Crippen LogP contribution in [0.3, 0.4) is 0 Å². The topological polar surface area (TPSA) is 33.2 Å². The number of hydrogen-bond donors (Lipinski definition) is 0. The molecule has 0 aliphatic heterocycles. The summed E-state index contributed by atoms with van der Waals surface area (Å²) in [6.45, 7) is 5.48. The summed E-state index contributed by atoms with van der Waals surface area (Å²) in [5.74, 6) is 0.184. The molecule has 0 radical (unpaired) electrons. The molecule has 0 spiro atoms. The van der Waals surface area contributed by atoms with Crippen molar-refractivity contribution in [3.8, 4) is 0 Å². The largest absolute Gasteiger partial charge is 0.300 e. The second-order valence-corrected chi connectivity index (χ2v) is 6.45. The highest BCUT2D eigenvalue weighted by molar-refractivity contribution is 7.07. The Morgan fingerprint density at radius 2 is 2.00 bits per heavy atom. The highest BCUT2D eigenvalue weighted by Crippen LogP contribution is 2.23. The van der Waals surface area contributed by atoms with Crippen LogP contribution in [0.5, 0.6) is 0 Å². The van der Waals surface area contributed by atoms with Crippen LogP contribution in [0.15, 0.2) is 41.2 Å². The highest BCUT2D eigenvalue weighted by Gasteiger charge is 2.29. The number of carbonyl (C=O) groups excluding carboxylic acids is 1. The molecular weight excluding hydrogens is 268 g/mol.